The van der Waals surface area contributed by atoms with Crippen LogP contribution in [-0.4, -0.2) is 34.8 Å². The fourth-order valence-corrected chi connectivity index (χ4v) is 5.52. The van der Waals surface area contributed by atoms with Gasteiger partial charge in [0.2, 0.25) is 0 Å². The SMILES string of the molecule is COC(=O)C1CCC2(C=C(c3cc(-n4cncc4C(F)(F)F)ccc3C)CO2)C1c1ccc(F)cc1. The molecule has 1 aliphatic heterocycles. The largest absolute Gasteiger partial charge is 0.469 e. The number of imidazole rings is 1. The minimum absolute atomic E-state index is 0.228. The van der Waals surface area contributed by atoms with Gasteiger partial charge in [-0.2, -0.15) is 13.2 Å². The van der Waals surface area contributed by atoms with Gasteiger partial charge in [0.15, 0.2) is 0 Å². The van der Waals surface area contributed by atoms with Crippen LogP contribution >= 0.6 is 0 Å². The lowest BCUT2D eigenvalue weighted by Crippen LogP contribution is -2.34. The van der Waals surface area contributed by atoms with Crippen molar-refractivity contribution in [3.05, 3.63) is 89.3 Å². The molecule has 1 saturated carbocycles. The minimum atomic E-state index is -4.55. The molecule has 2 aromatic carbocycles. The van der Waals surface area contributed by atoms with Crippen LogP contribution in [0.15, 0.2) is 61.1 Å². The smallest absolute Gasteiger partial charge is 0.433 e. The average Bonchev–Trinajstić information content (AvgIpc) is 3.59. The van der Waals surface area contributed by atoms with Gasteiger partial charge < -0.3 is 9.47 Å². The van der Waals surface area contributed by atoms with E-state index in [4.69, 9.17) is 9.47 Å². The number of hydrogen-bond acceptors (Lipinski definition) is 4. The van der Waals surface area contributed by atoms with E-state index in [0.29, 0.717) is 18.5 Å². The third-order valence-corrected chi connectivity index (χ3v) is 7.20. The highest BCUT2D eigenvalue weighted by Crippen LogP contribution is 2.54. The first-order chi connectivity index (χ1) is 17.1. The van der Waals surface area contributed by atoms with Gasteiger partial charge in [0, 0.05) is 11.6 Å². The van der Waals surface area contributed by atoms with Crippen LogP contribution < -0.4 is 0 Å². The maximum Gasteiger partial charge on any atom is 0.433 e. The fourth-order valence-electron chi connectivity index (χ4n) is 5.52. The summed E-state index contributed by atoms with van der Waals surface area (Å²) in [5, 5.41) is 0. The summed E-state index contributed by atoms with van der Waals surface area (Å²) in [6, 6.07) is 11.1. The molecule has 9 heteroatoms. The summed E-state index contributed by atoms with van der Waals surface area (Å²) in [5.41, 5.74) is 1.86. The number of alkyl halides is 3. The van der Waals surface area contributed by atoms with Gasteiger partial charge in [-0.15, -0.1) is 0 Å². The van der Waals surface area contributed by atoms with E-state index in [9.17, 15) is 22.4 Å². The van der Waals surface area contributed by atoms with E-state index in [1.807, 2.05) is 13.0 Å². The second-order valence-corrected chi connectivity index (χ2v) is 9.26. The highest BCUT2D eigenvalue weighted by molar-refractivity contribution is 5.77. The summed E-state index contributed by atoms with van der Waals surface area (Å²) in [7, 11) is 1.34. The van der Waals surface area contributed by atoms with E-state index in [1.165, 1.54) is 19.2 Å². The molecule has 0 saturated heterocycles. The Labute approximate surface area is 205 Å². The molecule has 2 aliphatic rings. The summed E-state index contributed by atoms with van der Waals surface area (Å²) in [4.78, 5) is 16.3. The maximum atomic E-state index is 13.6. The number of carbonyl (C=O) groups excluding carboxylic acids is 1. The monoisotopic (exact) mass is 500 g/mol. The average molecular weight is 500 g/mol. The molecule has 1 fully saturated rings. The molecular formula is C27H24F4N2O3. The van der Waals surface area contributed by atoms with Crippen LogP contribution in [-0.2, 0) is 20.4 Å². The number of hydrogen-bond donors (Lipinski definition) is 0. The molecule has 3 aromatic rings. The first-order valence-electron chi connectivity index (χ1n) is 11.5. The second kappa shape index (κ2) is 8.89. The van der Waals surface area contributed by atoms with E-state index >= 15 is 0 Å². The van der Waals surface area contributed by atoms with Gasteiger partial charge in [-0.25, -0.2) is 9.37 Å². The summed E-state index contributed by atoms with van der Waals surface area (Å²) in [5.74, 6) is -1.60. The molecule has 1 aliphatic carbocycles. The summed E-state index contributed by atoms with van der Waals surface area (Å²) in [6.07, 6.45) is 0.454. The maximum absolute atomic E-state index is 13.6. The van der Waals surface area contributed by atoms with Crippen molar-refractivity contribution < 1.29 is 31.8 Å². The lowest BCUT2D eigenvalue weighted by molar-refractivity contribution is -0.146. The second-order valence-electron chi connectivity index (χ2n) is 9.26. The molecule has 1 aromatic heterocycles. The van der Waals surface area contributed by atoms with Gasteiger partial charge >= 0.3 is 12.1 Å². The van der Waals surface area contributed by atoms with Crippen molar-refractivity contribution in [3.8, 4) is 5.69 Å². The topological polar surface area (TPSA) is 53.4 Å². The Hall–Kier alpha value is -3.46. The molecular weight excluding hydrogens is 476 g/mol. The number of ether oxygens (including phenoxy) is 2. The van der Waals surface area contributed by atoms with Crippen LogP contribution in [0.25, 0.3) is 11.3 Å². The van der Waals surface area contributed by atoms with Crippen molar-refractivity contribution >= 4 is 11.5 Å². The Bertz CT molecular complexity index is 1330. The number of rotatable bonds is 4. The molecule has 5 nitrogen and oxygen atoms in total. The third-order valence-electron chi connectivity index (χ3n) is 7.20. The lowest BCUT2D eigenvalue weighted by atomic mass is 9.79. The Morgan fingerprint density at radius 3 is 2.64 bits per heavy atom. The van der Waals surface area contributed by atoms with E-state index < -0.39 is 29.3 Å². The minimum Gasteiger partial charge on any atom is -0.469 e. The van der Waals surface area contributed by atoms with Crippen LogP contribution in [0.1, 0.15) is 41.1 Å². The van der Waals surface area contributed by atoms with E-state index in [0.717, 1.165) is 39.4 Å². The molecule has 0 amide bonds. The van der Waals surface area contributed by atoms with Crippen molar-refractivity contribution in [2.24, 2.45) is 5.92 Å². The zero-order chi connectivity index (χ0) is 25.7. The first-order valence-corrected chi connectivity index (χ1v) is 11.5. The normalized spacial score (nSPS) is 23.8. The van der Waals surface area contributed by atoms with Gasteiger partial charge in [-0.3, -0.25) is 9.36 Å². The number of aromatic nitrogens is 2. The number of methoxy groups -OCH3 is 1. The van der Waals surface area contributed by atoms with Crippen LogP contribution in [0, 0.1) is 18.7 Å². The van der Waals surface area contributed by atoms with Gasteiger partial charge in [-0.05, 0) is 72.4 Å². The number of carbonyl (C=O) groups is 1. The number of halogens is 4. The number of aryl methyl sites for hydroxylation is 1. The summed E-state index contributed by atoms with van der Waals surface area (Å²) < 4.78 is 66.4. The standard InChI is InChI=1S/C27H24F4N2O3/c1-16-3-8-20(33-15-32-13-23(33)27(29,30)31)11-22(16)18-12-26(36-14-18)10-9-21(25(34)35-2)24(26)17-4-6-19(28)7-5-17/h3-8,11-13,15,21,24H,9-10,14H2,1-2H3. The van der Waals surface area contributed by atoms with E-state index in [-0.39, 0.29) is 18.4 Å². The molecule has 36 heavy (non-hydrogen) atoms. The van der Waals surface area contributed by atoms with Crippen LogP contribution in [0.5, 0.6) is 0 Å². The van der Waals surface area contributed by atoms with Crippen molar-refractivity contribution in [1.29, 1.82) is 0 Å². The number of benzene rings is 2. The predicted octanol–water partition coefficient (Wildman–Crippen LogP) is 5.86. The molecule has 188 valence electrons. The third kappa shape index (κ3) is 4.11. The van der Waals surface area contributed by atoms with Crippen molar-refractivity contribution in [1.82, 2.24) is 9.55 Å². The Kier molecular flexibility index (Phi) is 5.98. The van der Waals surface area contributed by atoms with Gasteiger partial charge in [0.05, 0.1) is 37.8 Å². The Morgan fingerprint density at radius 2 is 1.94 bits per heavy atom. The van der Waals surface area contributed by atoms with Gasteiger partial charge in [0.1, 0.15) is 11.5 Å². The fraction of sp³-hybridized carbons (Fsp3) is 0.333. The van der Waals surface area contributed by atoms with E-state index in [1.54, 1.807) is 30.3 Å². The van der Waals surface area contributed by atoms with Crippen molar-refractivity contribution in [2.75, 3.05) is 13.7 Å². The summed E-state index contributed by atoms with van der Waals surface area (Å²) in [6.45, 7) is 2.11. The molecule has 5 rings (SSSR count). The predicted molar refractivity (Wildman–Crippen MR) is 124 cm³/mol. The van der Waals surface area contributed by atoms with E-state index in [2.05, 4.69) is 4.98 Å². The quantitative estimate of drug-likeness (QED) is 0.333. The lowest BCUT2D eigenvalue weighted by Gasteiger charge is -2.31. The molecule has 0 N–H and O–H groups in total. The molecule has 3 unspecified atom stereocenters. The van der Waals surface area contributed by atoms with Crippen LogP contribution in [0.2, 0.25) is 0 Å². The van der Waals surface area contributed by atoms with Gasteiger partial charge in [0.25, 0.3) is 0 Å². The molecule has 3 atom stereocenters. The molecule has 2 heterocycles. The molecule has 1 spiro atoms. The zero-order valence-electron chi connectivity index (χ0n) is 19.7. The van der Waals surface area contributed by atoms with Crippen LogP contribution in [0.4, 0.5) is 17.6 Å². The van der Waals surface area contributed by atoms with Crippen molar-refractivity contribution in [3.63, 3.8) is 0 Å². The molecule has 0 radical (unpaired) electrons. The first kappa shape index (κ1) is 24.2. The summed E-state index contributed by atoms with van der Waals surface area (Å²) >= 11 is 0. The van der Waals surface area contributed by atoms with Gasteiger partial charge in [-0.1, -0.05) is 18.2 Å². The highest BCUT2D eigenvalue weighted by Gasteiger charge is 2.54. The Morgan fingerprint density at radius 1 is 1.19 bits per heavy atom. The van der Waals surface area contributed by atoms with Crippen molar-refractivity contribution in [2.45, 2.75) is 37.5 Å². The molecule has 0 bridgehead atoms. The van der Waals surface area contributed by atoms with Crippen LogP contribution in [0.3, 0.4) is 0 Å². The Balaban J connectivity index is 1.56. The number of nitrogens with zero attached hydrogens (tertiary/aromatic N) is 2. The number of esters is 1. The highest BCUT2D eigenvalue weighted by atomic mass is 19.4. The zero-order valence-corrected chi connectivity index (χ0v) is 19.7.